The molecule has 6 unspecified atom stereocenters. The maximum absolute atomic E-state index is 12.9. The molecule has 0 heterocycles. The van der Waals surface area contributed by atoms with E-state index in [-0.39, 0.29) is 11.3 Å². The van der Waals surface area contributed by atoms with Crippen LogP contribution in [-0.4, -0.2) is 11.1 Å². The zero-order valence-electron chi connectivity index (χ0n) is 25.4. The Morgan fingerprint density at radius 2 is 1.65 bits per heavy atom. The molecule has 11 atom stereocenters. The van der Waals surface area contributed by atoms with Crippen LogP contribution < -0.4 is 0 Å². The molecule has 0 bridgehead atoms. The molecule has 0 amide bonds. The van der Waals surface area contributed by atoms with Gasteiger partial charge in [0.2, 0.25) is 0 Å². The summed E-state index contributed by atoms with van der Waals surface area (Å²) in [5.74, 6) is 4.96. The first kappa shape index (κ1) is 27.8. The second-order valence-electron chi connectivity index (χ2n) is 16.0. The molecule has 0 aromatic heterocycles. The lowest BCUT2D eigenvalue weighted by molar-refractivity contribution is -0.237. The summed E-state index contributed by atoms with van der Waals surface area (Å²) in [5, 5.41) is 10.6. The van der Waals surface area contributed by atoms with Gasteiger partial charge >= 0.3 is 5.97 Å². The Morgan fingerprint density at radius 1 is 0.919 bits per heavy atom. The number of carbonyl (C=O) groups is 1. The Labute approximate surface area is 228 Å². The van der Waals surface area contributed by atoms with Gasteiger partial charge in [0.1, 0.15) is 0 Å². The van der Waals surface area contributed by atoms with Crippen LogP contribution in [0.15, 0.2) is 12.2 Å². The highest BCUT2D eigenvalue weighted by Gasteiger charge is 2.71. The zero-order valence-corrected chi connectivity index (χ0v) is 25.4. The van der Waals surface area contributed by atoms with E-state index in [1.54, 1.807) is 0 Å². The van der Waals surface area contributed by atoms with Crippen LogP contribution in [0.5, 0.6) is 0 Å². The van der Waals surface area contributed by atoms with Gasteiger partial charge < -0.3 is 5.11 Å². The molecule has 5 fully saturated rings. The summed E-state index contributed by atoms with van der Waals surface area (Å²) in [6, 6.07) is 0. The van der Waals surface area contributed by atoms with Gasteiger partial charge in [-0.15, -0.1) is 0 Å². The molecule has 1 N–H and O–H groups in total. The topological polar surface area (TPSA) is 37.3 Å². The van der Waals surface area contributed by atoms with Crippen molar-refractivity contribution in [3.8, 4) is 0 Å². The highest BCUT2D eigenvalue weighted by molar-refractivity contribution is 5.76. The molecule has 5 rings (SSSR count). The van der Waals surface area contributed by atoms with Crippen LogP contribution >= 0.6 is 0 Å². The number of unbranched alkanes of at least 4 members (excludes halogenated alkanes) is 1. The molecular formula is C35H58O2. The molecule has 2 heteroatoms. The van der Waals surface area contributed by atoms with Gasteiger partial charge in [-0.1, -0.05) is 73.0 Å². The number of fused-ring (bicyclic) bond motifs is 7. The number of hydrogen-bond acceptors (Lipinski definition) is 1. The summed E-state index contributed by atoms with van der Waals surface area (Å²) in [7, 11) is 0. The number of carboxylic acid groups (broad SMARTS) is 1. The summed E-state index contributed by atoms with van der Waals surface area (Å²) >= 11 is 0. The third-order valence-electron chi connectivity index (χ3n) is 14.6. The van der Waals surface area contributed by atoms with E-state index in [0.29, 0.717) is 22.7 Å². The predicted molar refractivity (Wildman–Crippen MR) is 154 cm³/mol. The van der Waals surface area contributed by atoms with E-state index in [1.165, 1.54) is 63.4 Å². The normalized spacial score (nSPS) is 51.1. The van der Waals surface area contributed by atoms with Crippen molar-refractivity contribution in [1.82, 2.24) is 0 Å². The van der Waals surface area contributed by atoms with Gasteiger partial charge in [0.05, 0.1) is 5.41 Å². The van der Waals surface area contributed by atoms with E-state index in [9.17, 15) is 9.90 Å². The minimum atomic E-state index is -0.503. The molecule has 0 aliphatic heterocycles. The average molecular weight is 511 g/mol. The lowest BCUT2D eigenvalue weighted by Crippen LogP contribution is -2.66. The van der Waals surface area contributed by atoms with Crippen LogP contribution in [0.25, 0.3) is 0 Å². The maximum Gasteiger partial charge on any atom is 0.309 e. The van der Waals surface area contributed by atoms with Gasteiger partial charge in [-0.05, 0) is 135 Å². The van der Waals surface area contributed by atoms with E-state index >= 15 is 0 Å². The minimum absolute atomic E-state index is 0.248. The highest BCUT2D eigenvalue weighted by Crippen LogP contribution is 2.77. The quantitative estimate of drug-likeness (QED) is 0.361. The van der Waals surface area contributed by atoms with E-state index in [1.807, 2.05) is 0 Å². The van der Waals surface area contributed by atoms with E-state index in [0.717, 1.165) is 55.3 Å². The molecule has 0 spiro atoms. The number of aliphatic carboxylic acids is 1. The summed E-state index contributed by atoms with van der Waals surface area (Å²) in [6.45, 7) is 22.0. The molecule has 2 nitrogen and oxygen atoms in total. The van der Waals surface area contributed by atoms with Gasteiger partial charge in [0.25, 0.3) is 0 Å². The molecule has 0 aromatic carbocycles. The molecule has 0 aromatic rings. The molecular weight excluding hydrogens is 452 g/mol. The largest absolute Gasteiger partial charge is 0.481 e. The first-order valence-corrected chi connectivity index (χ1v) is 16.3. The van der Waals surface area contributed by atoms with Crippen LogP contribution in [0.1, 0.15) is 132 Å². The zero-order chi connectivity index (χ0) is 27.0. The SMILES string of the molecule is C=C(C)C1CC[C@]2(C(=O)O)CC[C@]3(C)C(CCC4[C@@]5(C)CC[C@H](CCCC)C(C(C)C)C5CC[C@]43C)C12. The van der Waals surface area contributed by atoms with Crippen molar-refractivity contribution >= 4 is 5.97 Å². The predicted octanol–water partition coefficient (Wildman–Crippen LogP) is 9.78. The first-order valence-electron chi connectivity index (χ1n) is 16.3. The molecule has 0 saturated heterocycles. The van der Waals surface area contributed by atoms with E-state index < -0.39 is 11.4 Å². The number of hydrogen-bond donors (Lipinski definition) is 1. The second-order valence-corrected chi connectivity index (χ2v) is 16.0. The summed E-state index contributed by atoms with van der Waals surface area (Å²) in [5.41, 5.74) is 1.76. The van der Waals surface area contributed by atoms with E-state index in [4.69, 9.17) is 0 Å². The molecule has 5 aliphatic carbocycles. The van der Waals surface area contributed by atoms with E-state index in [2.05, 4.69) is 55.0 Å². The van der Waals surface area contributed by atoms with Crippen LogP contribution in [0.2, 0.25) is 0 Å². The standard InChI is InChI=1S/C35H58O2/c1-9-10-11-24-14-17-32(6)26(29(24)23(4)5)16-18-34(8)28(32)13-12-27-30-25(22(2)3)15-19-35(30,31(36)37)21-20-33(27,34)7/h23-30H,2,9-21H2,1,3-8H3,(H,36,37)/t24-,25?,26?,27?,28?,29?,30?,32-,33+,34+,35-/m0/s1. The number of allylic oxidation sites excluding steroid dienone is 1. The minimum Gasteiger partial charge on any atom is -0.481 e. The van der Waals surface area contributed by atoms with Crippen LogP contribution in [0, 0.1) is 69.0 Å². The molecule has 210 valence electrons. The number of rotatable bonds is 6. The van der Waals surface area contributed by atoms with Crippen molar-refractivity contribution in [1.29, 1.82) is 0 Å². The fourth-order valence-electron chi connectivity index (χ4n) is 12.7. The lowest BCUT2D eigenvalue weighted by Gasteiger charge is -2.72. The van der Waals surface area contributed by atoms with Crippen LogP contribution in [-0.2, 0) is 4.79 Å². The van der Waals surface area contributed by atoms with Gasteiger partial charge in [0.15, 0.2) is 0 Å². The monoisotopic (exact) mass is 510 g/mol. The van der Waals surface area contributed by atoms with Crippen molar-refractivity contribution in [3.63, 3.8) is 0 Å². The summed E-state index contributed by atoms with van der Waals surface area (Å²) in [4.78, 5) is 12.9. The fourth-order valence-corrected chi connectivity index (χ4v) is 12.7. The van der Waals surface area contributed by atoms with Crippen molar-refractivity contribution < 1.29 is 9.90 Å². The Bertz CT molecular complexity index is 905. The van der Waals surface area contributed by atoms with Gasteiger partial charge in [-0.3, -0.25) is 4.79 Å². The smallest absolute Gasteiger partial charge is 0.309 e. The Kier molecular flexibility index (Phi) is 7.05. The average Bonchev–Trinajstić information content (AvgIpc) is 3.24. The third-order valence-corrected chi connectivity index (χ3v) is 14.6. The van der Waals surface area contributed by atoms with Crippen molar-refractivity contribution in [2.24, 2.45) is 69.0 Å². The fraction of sp³-hybridized carbons (Fsp3) is 0.914. The Hall–Kier alpha value is -0.790. The molecule has 0 radical (unpaired) electrons. The van der Waals surface area contributed by atoms with Crippen LogP contribution in [0.4, 0.5) is 0 Å². The molecule has 37 heavy (non-hydrogen) atoms. The van der Waals surface area contributed by atoms with Crippen molar-refractivity contribution in [2.45, 2.75) is 132 Å². The second kappa shape index (κ2) is 9.40. The van der Waals surface area contributed by atoms with Crippen LogP contribution in [0.3, 0.4) is 0 Å². The third kappa shape index (κ3) is 3.72. The maximum atomic E-state index is 12.9. The van der Waals surface area contributed by atoms with Crippen molar-refractivity contribution in [2.75, 3.05) is 0 Å². The Balaban J connectivity index is 1.50. The molecule has 5 aliphatic rings. The molecule has 5 saturated carbocycles. The summed E-state index contributed by atoms with van der Waals surface area (Å²) in [6.07, 6.45) is 16.3. The first-order chi connectivity index (χ1) is 17.4. The lowest BCUT2D eigenvalue weighted by atomic mass is 9.32. The summed E-state index contributed by atoms with van der Waals surface area (Å²) < 4.78 is 0. The highest BCUT2D eigenvalue weighted by atomic mass is 16.4. The van der Waals surface area contributed by atoms with Gasteiger partial charge in [-0.25, -0.2) is 0 Å². The van der Waals surface area contributed by atoms with Gasteiger partial charge in [0, 0.05) is 0 Å². The number of carboxylic acids is 1. The van der Waals surface area contributed by atoms with Gasteiger partial charge in [-0.2, -0.15) is 0 Å². The van der Waals surface area contributed by atoms with Crippen molar-refractivity contribution in [3.05, 3.63) is 12.2 Å². The Morgan fingerprint density at radius 3 is 2.27 bits per heavy atom.